The molecule has 1 unspecified atom stereocenters. The number of carbonyl (C=O) groups excluding carboxylic acids is 1. The van der Waals surface area contributed by atoms with Crippen LogP contribution < -0.4 is 10.6 Å². The van der Waals surface area contributed by atoms with Crippen LogP contribution in [0.15, 0.2) is 35.3 Å². The Hall–Kier alpha value is -2.08. The van der Waals surface area contributed by atoms with Gasteiger partial charge in [0, 0.05) is 26.6 Å². The second-order valence-corrected chi connectivity index (χ2v) is 5.89. The molecule has 0 aromatic heterocycles. The molecule has 1 aromatic rings. The highest BCUT2D eigenvalue weighted by Crippen LogP contribution is 2.02. The summed E-state index contributed by atoms with van der Waals surface area (Å²) in [5, 5.41) is 6.47. The molecule has 2 N–H and O–H groups in total. The summed E-state index contributed by atoms with van der Waals surface area (Å²) in [6.45, 7) is 7.13. The van der Waals surface area contributed by atoms with Gasteiger partial charge in [-0.1, -0.05) is 37.3 Å². The van der Waals surface area contributed by atoms with Crippen molar-refractivity contribution in [3.8, 4) is 0 Å². The van der Waals surface area contributed by atoms with Gasteiger partial charge in [-0.05, 0) is 24.8 Å². The summed E-state index contributed by atoms with van der Waals surface area (Å²) in [7, 11) is 1.73. The Bertz CT molecular complexity index is 506. The summed E-state index contributed by atoms with van der Waals surface area (Å²) in [5.74, 6) is 0.942. The van der Waals surface area contributed by atoms with Crippen molar-refractivity contribution in [2.24, 2.45) is 10.9 Å². The molecular weight excluding hydrogens is 318 g/mol. The maximum absolute atomic E-state index is 11.3. The largest absolute Gasteiger partial charge is 0.466 e. The zero-order valence-corrected chi connectivity index (χ0v) is 15.6. The fourth-order valence-electron chi connectivity index (χ4n) is 2.18. The van der Waals surface area contributed by atoms with Gasteiger partial charge < -0.3 is 20.1 Å². The average molecular weight is 349 g/mol. The Morgan fingerprint density at radius 3 is 2.68 bits per heavy atom. The molecule has 1 rings (SSSR count). The van der Waals surface area contributed by atoms with Gasteiger partial charge in [-0.2, -0.15) is 0 Å². The summed E-state index contributed by atoms with van der Waals surface area (Å²) in [6.07, 6.45) is 1.14. The number of nitrogens with one attached hydrogen (secondary N) is 2. The Labute approximate surface area is 151 Å². The highest BCUT2D eigenvalue weighted by Gasteiger charge is 2.05. The molecule has 0 saturated heterocycles. The van der Waals surface area contributed by atoms with E-state index < -0.39 is 0 Å². The summed E-state index contributed by atoms with van der Waals surface area (Å²) >= 11 is 0. The van der Waals surface area contributed by atoms with E-state index in [4.69, 9.17) is 9.47 Å². The van der Waals surface area contributed by atoms with Gasteiger partial charge in [0.1, 0.15) is 0 Å². The summed E-state index contributed by atoms with van der Waals surface area (Å²) in [6, 6.07) is 10.2. The average Bonchev–Trinajstić information content (AvgIpc) is 2.62. The van der Waals surface area contributed by atoms with Crippen LogP contribution in [-0.2, 0) is 20.9 Å². The second kappa shape index (κ2) is 13.2. The molecule has 0 aliphatic carbocycles. The van der Waals surface area contributed by atoms with E-state index >= 15 is 0 Å². The first-order chi connectivity index (χ1) is 12.2. The lowest BCUT2D eigenvalue weighted by molar-refractivity contribution is -0.143. The highest BCUT2D eigenvalue weighted by atomic mass is 16.5. The Morgan fingerprint density at radius 2 is 2.00 bits per heavy atom. The predicted molar refractivity (Wildman–Crippen MR) is 100 cm³/mol. The van der Waals surface area contributed by atoms with Crippen molar-refractivity contribution in [3.63, 3.8) is 0 Å². The Kier molecular flexibility index (Phi) is 11.1. The lowest BCUT2D eigenvalue weighted by atomic mass is 10.2. The first-order valence-corrected chi connectivity index (χ1v) is 8.87. The van der Waals surface area contributed by atoms with Crippen molar-refractivity contribution >= 4 is 11.9 Å². The van der Waals surface area contributed by atoms with Crippen molar-refractivity contribution < 1.29 is 14.3 Å². The number of hydrogen-bond donors (Lipinski definition) is 2. The number of ether oxygens (including phenoxy) is 2. The topological polar surface area (TPSA) is 72.0 Å². The van der Waals surface area contributed by atoms with Crippen molar-refractivity contribution in [2.45, 2.75) is 33.3 Å². The molecule has 0 fully saturated rings. The van der Waals surface area contributed by atoms with Gasteiger partial charge in [-0.3, -0.25) is 9.79 Å². The third kappa shape index (κ3) is 10.4. The molecule has 0 heterocycles. The number of aliphatic imine (C=N–C) groups is 1. The lowest BCUT2D eigenvalue weighted by Crippen LogP contribution is -2.40. The molecule has 0 aliphatic rings. The Balaban J connectivity index is 2.11. The molecule has 140 valence electrons. The zero-order valence-electron chi connectivity index (χ0n) is 15.6. The molecular formula is C19H31N3O3. The molecule has 0 radical (unpaired) electrons. The first kappa shape index (κ1) is 21.0. The fraction of sp³-hybridized carbons (Fsp3) is 0.579. The number of rotatable bonds is 11. The smallest absolute Gasteiger partial charge is 0.305 e. The van der Waals surface area contributed by atoms with Crippen LogP contribution in [0, 0.1) is 5.92 Å². The quantitative estimate of drug-likeness (QED) is 0.278. The highest BCUT2D eigenvalue weighted by molar-refractivity contribution is 5.79. The van der Waals surface area contributed by atoms with Crippen molar-refractivity contribution in [1.29, 1.82) is 0 Å². The van der Waals surface area contributed by atoms with Crippen molar-refractivity contribution in [3.05, 3.63) is 35.9 Å². The molecule has 6 heteroatoms. The van der Waals surface area contributed by atoms with E-state index in [2.05, 4.69) is 34.7 Å². The fourth-order valence-corrected chi connectivity index (χ4v) is 2.18. The first-order valence-electron chi connectivity index (χ1n) is 8.87. The van der Waals surface area contributed by atoms with Crippen LogP contribution in [0.1, 0.15) is 32.3 Å². The van der Waals surface area contributed by atoms with Crippen LogP contribution in [-0.4, -0.2) is 45.3 Å². The van der Waals surface area contributed by atoms with Crippen LogP contribution in [0.25, 0.3) is 0 Å². The summed E-state index contributed by atoms with van der Waals surface area (Å²) < 4.78 is 10.6. The molecule has 25 heavy (non-hydrogen) atoms. The number of esters is 1. The SMILES string of the molecule is CCOC(=O)CCCNC(=NC)NCC(C)COCc1ccccc1. The molecule has 6 nitrogen and oxygen atoms in total. The van der Waals surface area contributed by atoms with E-state index in [-0.39, 0.29) is 5.97 Å². The number of hydrogen-bond acceptors (Lipinski definition) is 4. The predicted octanol–water partition coefficient (Wildman–Crippen LogP) is 2.35. The van der Waals surface area contributed by atoms with Gasteiger partial charge >= 0.3 is 5.97 Å². The maximum atomic E-state index is 11.3. The minimum absolute atomic E-state index is 0.156. The van der Waals surface area contributed by atoms with Crippen LogP contribution in [0.5, 0.6) is 0 Å². The van der Waals surface area contributed by atoms with Gasteiger partial charge in [-0.25, -0.2) is 0 Å². The third-order valence-electron chi connectivity index (χ3n) is 3.51. The maximum Gasteiger partial charge on any atom is 0.305 e. The van der Waals surface area contributed by atoms with Gasteiger partial charge in [0.2, 0.25) is 0 Å². The molecule has 0 saturated carbocycles. The van der Waals surface area contributed by atoms with Crippen molar-refractivity contribution in [1.82, 2.24) is 10.6 Å². The number of nitrogens with zero attached hydrogens (tertiary/aromatic N) is 1. The zero-order chi connectivity index (χ0) is 18.3. The second-order valence-electron chi connectivity index (χ2n) is 5.89. The number of benzene rings is 1. The molecule has 1 aromatic carbocycles. The molecule has 0 aliphatic heterocycles. The minimum Gasteiger partial charge on any atom is -0.466 e. The van der Waals surface area contributed by atoms with E-state index in [0.29, 0.717) is 38.7 Å². The van der Waals surface area contributed by atoms with Crippen molar-refractivity contribution in [2.75, 3.05) is 33.4 Å². The summed E-state index contributed by atoms with van der Waals surface area (Å²) in [5.41, 5.74) is 1.18. The lowest BCUT2D eigenvalue weighted by Gasteiger charge is -2.16. The molecule has 0 bridgehead atoms. The van der Waals surface area contributed by atoms with Crippen LogP contribution in [0.2, 0.25) is 0 Å². The van der Waals surface area contributed by atoms with E-state index in [1.165, 1.54) is 5.56 Å². The monoisotopic (exact) mass is 349 g/mol. The summed E-state index contributed by atoms with van der Waals surface area (Å²) in [4.78, 5) is 15.4. The normalized spacial score (nSPS) is 12.5. The van der Waals surface area contributed by atoms with Crippen LogP contribution in [0.3, 0.4) is 0 Å². The van der Waals surface area contributed by atoms with Gasteiger partial charge in [0.05, 0.1) is 19.8 Å². The molecule has 1 atom stereocenters. The van der Waals surface area contributed by atoms with Gasteiger partial charge in [0.15, 0.2) is 5.96 Å². The minimum atomic E-state index is -0.156. The van der Waals surface area contributed by atoms with Crippen LogP contribution >= 0.6 is 0 Å². The molecule has 0 amide bonds. The number of guanidine groups is 1. The standard InChI is InChI=1S/C19H31N3O3/c1-4-25-18(23)11-8-12-21-19(20-3)22-13-16(2)14-24-15-17-9-6-5-7-10-17/h5-7,9-10,16H,4,8,11-15H2,1-3H3,(H2,20,21,22). The third-order valence-corrected chi connectivity index (χ3v) is 3.51. The van der Waals surface area contributed by atoms with E-state index in [0.717, 1.165) is 18.9 Å². The van der Waals surface area contributed by atoms with Crippen LogP contribution in [0.4, 0.5) is 0 Å². The number of carbonyl (C=O) groups is 1. The molecule has 0 spiro atoms. The Morgan fingerprint density at radius 1 is 1.24 bits per heavy atom. The van der Waals surface area contributed by atoms with E-state index in [1.807, 2.05) is 25.1 Å². The van der Waals surface area contributed by atoms with Gasteiger partial charge in [-0.15, -0.1) is 0 Å². The van der Waals surface area contributed by atoms with Gasteiger partial charge in [0.25, 0.3) is 0 Å². The van der Waals surface area contributed by atoms with E-state index in [1.54, 1.807) is 7.05 Å². The van der Waals surface area contributed by atoms with E-state index in [9.17, 15) is 4.79 Å².